The van der Waals surface area contributed by atoms with Crippen LogP contribution in [0.3, 0.4) is 0 Å². The third kappa shape index (κ3) is 3.33. The van der Waals surface area contributed by atoms with Gasteiger partial charge in [-0.3, -0.25) is 0 Å². The van der Waals surface area contributed by atoms with E-state index in [1.54, 1.807) is 0 Å². The Morgan fingerprint density at radius 1 is 1.36 bits per heavy atom. The molecular formula is C12H18BrN. The van der Waals surface area contributed by atoms with Crippen molar-refractivity contribution in [3.8, 4) is 0 Å². The Hall–Kier alpha value is -0.500. The summed E-state index contributed by atoms with van der Waals surface area (Å²) in [6, 6.07) is 8.70. The summed E-state index contributed by atoms with van der Waals surface area (Å²) in [5.74, 6) is 0. The van der Waals surface area contributed by atoms with E-state index in [9.17, 15) is 0 Å². The van der Waals surface area contributed by atoms with Crippen LogP contribution in [0.5, 0.6) is 0 Å². The molecule has 0 amide bonds. The summed E-state index contributed by atoms with van der Waals surface area (Å²) >= 11 is 3.47. The first-order chi connectivity index (χ1) is 6.77. The first kappa shape index (κ1) is 11.6. The summed E-state index contributed by atoms with van der Waals surface area (Å²) < 4.78 is 0. The Morgan fingerprint density at radius 2 is 2.14 bits per heavy atom. The molecule has 1 nitrogen and oxygen atoms in total. The first-order valence-corrected chi connectivity index (χ1v) is 6.27. The molecule has 78 valence electrons. The lowest BCUT2D eigenvalue weighted by Crippen LogP contribution is -2.24. The van der Waals surface area contributed by atoms with Crippen molar-refractivity contribution in [3.05, 3.63) is 29.8 Å². The van der Waals surface area contributed by atoms with E-state index in [4.69, 9.17) is 0 Å². The van der Waals surface area contributed by atoms with Gasteiger partial charge in [0.1, 0.15) is 0 Å². The van der Waals surface area contributed by atoms with Crippen LogP contribution in [0.2, 0.25) is 0 Å². The summed E-state index contributed by atoms with van der Waals surface area (Å²) in [7, 11) is 0. The molecule has 0 atom stereocenters. The minimum atomic E-state index is 1.08. The van der Waals surface area contributed by atoms with Crippen LogP contribution in [-0.4, -0.2) is 18.4 Å². The lowest BCUT2D eigenvalue weighted by atomic mass is 10.2. The Labute approximate surface area is 95.2 Å². The van der Waals surface area contributed by atoms with Crippen molar-refractivity contribution in [1.29, 1.82) is 0 Å². The maximum Gasteiger partial charge on any atom is 0.0368 e. The number of hydrogen-bond donors (Lipinski definition) is 0. The molecule has 0 fully saturated rings. The number of alkyl halides is 1. The molecule has 0 N–H and O–H groups in total. The van der Waals surface area contributed by atoms with Crippen LogP contribution in [0, 0.1) is 6.92 Å². The molecule has 0 heterocycles. The van der Waals surface area contributed by atoms with Crippen molar-refractivity contribution in [2.45, 2.75) is 20.3 Å². The van der Waals surface area contributed by atoms with Crippen molar-refractivity contribution < 1.29 is 0 Å². The minimum Gasteiger partial charge on any atom is -0.372 e. The first-order valence-electron chi connectivity index (χ1n) is 5.15. The van der Waals surface area contributed by atoms with Crippen molar-refractivity contribution >= 4 is 21.6 Å². The Balaban J connectivity index is 2.68. The molecule has 0 radical (unpaired) electrons. The van der Waals surface area contributed by atoms with E-state index in [2.05, 4.69) is 58.9 Å². The summed E-state index contributed by atoms with van der Waals surface area (Å²) in [6.07, 6.45) is 1.20. The zero-order valence-electron chi connectivity index (χ0n) is 8.96. The van der Waals surface area contributed by atoms with Gasteiger partial charge in [-0.2, -0.15) is 0 Å². The third-order valence-corrected chi connectivity index (χ3v) is 2.87. The summed E-state index contributed by atoms with van der Waals surface area (Å²) in [5.41, 5.74) is 2.67. The number of benzene rings is 1. The van der Waals surface area contributed by atoms with Gasteiger partial charge in [0, 0.05) is 24.1 Å². The second-order valence-corrected chi connectivity index (χ2v) is 4.25. The highest BCUT2D eigenvalue weighted by Crippen LogP contribution is 2.15. The maximum absolute atomic E-state index is 3.47. The van der Waals surface area contributed by atoms with Crippen LogP contribution in [0.25, 0.3) is 0 Å². The molecule has 1 aromatic carbocycles. The highest BCUT2D eigenvalue weighted by molar-refractivity contribution is 9.09. The number of nitrogens with zero attached hydrogens (tertiary/aromatic N) is 1. The zero-order chi connectivity index (χ0) is 10.4. The Bertz CT molecular complexity index is 273. The number of rotatable bonds is 5. The predicted octanol–water partition coefficient (Wildman–Crippen LogP) is 3.61. The summed E-state index contributed by atoms with van der Waals surface area (Å²) in [4.78, 5) is 2.41. The molecule has 0 saturated heterocycles. The van der Waals surface area contributed by atoms with Crippen molar-refractivity contribution in [2.75, 3.05) is 23.3 Å². The molecule has 0 spiro atoms. The highest BCUT2D eigenvalue weighted by Gasteiger charge is 2.02. The quantitative estimate of drug-likeness (QED) is 0.727. The number of halogens is 1. The van der Waals surface area contributed by atoms with Crippen LogP contribution in [0.1, 0.15) is 18.9 Å². The predicted molar refractivity (Wildman–Crippen MR) is 67.5 cm³/mol. The van der Waals surface area contributed by atoms with Crippen LogP contribution in [0.4, 0.5) is 5.69 Å². The van der Waals surface area contributed by atoms with Crippen molar-refractivity contribution in [3.63, 3.8) is 0 Å². The molecule has 1 aromatic rings. The Morgan fingerprint density at radius 3 is 2.71 bits per heavy atom. The molecule has 0 aliphatic heterocycles. The number of aryl methyl sites for hydroxylation is 1. The van der Waals surface area contributed by atoms with Gasteiger partial charge in [0.2, 0.25) is 0 Å². The molecule has 0 bridgehead atoms. The van der Waals surface area contributed by atoms with Crippen molar-refractivity contribution in [1.82, 2.24) is 0 Å². The van der Waals surface area contributed by atoms with Gasteiger partial charge in [-0.1, -0.05) is 28.1 Å². The van der Waals surface area contributed by atoms with Gasteiger partial charge < -0.3 is 4.90 Å². The standard InChI is InChI=1S/C12H18BrN/c1-3-14(9-5-8-13)12-7-4-6-11(2)10-12/h4,6-7,10H,3,5,8-9H2,1-2H3. The van der Waals surface area contributed by atoms with Crippen LogP contribution in [-0.2, 0) is 0 Å². The molecular weight excluding hydrogens is 238 g/mol. The van der Waals surface area contributed by atoms with Crippen molar-refractivity contribution in [2.24, 2.45) is 0 Å². The van der Waals surface area contributed by atoms with E-state index in [1.165, 1.54) is 17.7 Å². The van der Waals surface area contributed by atoms with E-state index in [1.807, 2.05) is 0 Å². The monoisotopic (exact) mass is 255 g/mol. The Kier molecular flexibility index (Phi) is 5.02. The van der Waals surface area contributed by atoms with Gasteiger partial charge in [0.05, 0.1) is 0 Å². The van der Waals surface area contributed by atoms with Gasteiger partial charge in [0.15, 0.2) is 0 Å². The van der Waals surface area contributed by atoms with Gasteiger partial charge >= 0.3 is 0 Å². The fraction of sp³-hybridized carbons (Fsp3) is 0.500. The smallest absolute Gasteiger partial charge is 0.0368 e. The average molecular weight is 256 g/mol. The van der Waals surface area contributed by atoms with Gasteiger partial charge in [0.25, 0.3) is 0 Å². The SMILES string of the molecule is CCN(CCCBr)c1cccc(C)c1. The van der Waals surface area contributed by atoms with E-state index in [-0.39, 0.29) is 0 Å². The summed E-state index contributed by atoms with van der Waals surface area (Å²) in [6.45, 7) is 6.56. The zero-order valence-corrected chi connectivity index (χ0v) is 10.5. The molecule has 2 heteroatoms. The molecule has 14 heavy (non-hydrogen) atoms. The molecule has 0 aliphatic rings. The lowest BCUT2D eigenvalue weighted by molar-refractivity contribution is 0.799. The topological polar surface area (TPSA) is 3.24 Å². The van der Waals surface area contributed by atoms with Gasteiger partial charge in [-0.25, -0.2) is 0 Å². The molecule has 0 unspecified atom stereocenters. The van der Waals surface area contributed by atoms with Crippen LogP contribution < -0.4 is 4.90 Å². The molecule has 0 aliphatic carbocycles. The second kappa shape index (κ2) is 6.07. The fourth-order valence-electron chi connectivity index (χ4n) is 1.55. The second-order valence-electron chi connectivity index (χ2n) is 3.46. The van der Waals surface area contributed by atoms with Crippen LogP contribution in [0.15, 0.2) is 24.3 Å². The van der Waals surface area contributed by atoms with Gasteiger partial charge in [-0.15, -0.1) is 0 Å². The van der Waals surface area contributed by atoms with E-state index in [0.29, 0.717) is 0 Å². The van der Waals surface area contributed by atoms with E-state index < -0.39 is 0 Å². The average Bonchev–Trinajstić information content (AvgIpc) is 2.19. The lowest BCUT2D eigenvalue weighted by Gasteiger charge is -2.23. The third-order valence-electron chi connectivity index (χ3n) is 2.31. The van der Waals surface area contributed by atoms with Gasteiger partial charge in [-0.05, 0) is 38.0 Å². The molecule has 0 saturated carbocycles. The fourth-order valence-corrected chi connectivity index (χ4v) is 1.80. The summed E-state index contributed by atoms with van der Waals surface area (Å²) in [5, 5.41) is 1.08. The normalized spacial score (nSPS) is 10.2. The highest BCUT2D eigenvalue weighted by atomic mass is 79.9. The largest absolute Gasteiger partial charge is 0.372 e. The maximum atomic E-state index is 3.47. The van der Waals surface area contributed by atoms with Crippen LogP contribution >= 0.6 is 15.9 Å². The molecule has 1 rings (SSSR count). The molecule has 0 aromatic heterocycles. The van der Waals surface area contributed by atoms with E-state index >= 15 is 0 Å². The number of hydrogen-bond acceptors (Lipinski definition) is 1. The minimum absolute atomic E-state index is 1.08. The van der Waals surface area contributed by atoms with E-state index in [0.717, 1.165) is 18.4 Å². The number of anilines is 1.